The maximum atomic E-state index is 12.0. The van der Waals surface area contributed by atoms with Crippen molar-refractivity contribution >= 4 is 41.3 Å². The molecule has 0 aromatic heterocycles. The first-order chi connectivity index (χ1) is 10.3. The van der Waals surface area contributed by atoms with Gasteiger partial charge in [0, 0.05) is 18.3 Å². The van der Waals surface area contributed by atoms with E-state index in [2.05, 4.69) is 12.2 Å². The van der Waals surface area contributed by atoms with Crippen molar-refractivity contribution in [3.63, 3.8) is 0 Å². The van der Waals surface area contributed by atoms with Gasteiger partial charge in [-0.2, -0.15) is 0 Å². The van der Waals surface area contributed by atoms with Gasteiger partial charge in [-0.05, 0) is 37.1 Å². The molecule has 1 aromatic carbocycles. The monoisotopic (exact) mass is 362 g/mol. The summed E-state index contributed by atoms with van der Waals surface area (Å²) >= 11 is 5.74. The Balaban J connectivity index is 0.00000264. The summed E-state index contributed by atoms with van der Waals surface area (Å²) in [4.78, 5) is 24.3. The second-order valence-corrected chi connectivity index (χ2v) is 6.35. The number of halogens is 2. The van der Waals surface area contributed by atoms with Crippen molar-refractivity contribution in [3.05, 3.63) is 33.3 Å². The summed E-state index contributed by atoms with van der Waals surface area (Å²) < 4.78 is 0. The van der Waals surface area contributed by atoms with Gasteiger partial charge in [0.05, 0.1) is 11.5 Å². The van der Waals surface area contributed by atoms with Gasteiger partial charge in [0.25, 0.3) is 5.69 Å². The molecule has 3 N–H and O–H groups in total. The van der Waals surface area contributed by atoms with E-state index in [-0.39, 0.29) is 41.0 Å². The van der Waals surface area contributed by atoms with Crippen LogP contribution in [0, 0.1) is 15.5 Å². The first kappa shape index (κ1) is 19.6. The number of hydrogen-bond donors (Lipinski definition) is 2. The van der Waals surface area contributed by atoms with Gasteiger partial charge < -0.3 is 11.1 Å². The quantitative estimate of drug-likeness (QED) is 0.617. The summed E-state index contributed by atoms with van der Waals surface area (Å²) in [7, 11) is 0. The Labute approximate surface area is 145 Å². The van der Waals surface area contributed by atoms with Crippen LogP contribution in [0.15, 0.2) is 18.2 Å². The lowest BCUT2D eigenvalue weighted by atomic mass is 9.90. The van der Waals surface area contributed by atoms with Crippen molar-refractivity contribution in [2.24, 2.45) is 11.1 Å². The molecule has 1 unspecified atom stereocenters. The summed E-state index contributed by atoms with van der Waals surface area (Å²) in [6.07, 6.45) is 0.962. The molecule has 0 spiro atoms. The average molecular weight is 363 g/mol. The molecule has 1 aliphatic heterocycles. The zero-order valence-electron chi connectivity index (χ0n) is 12.8. The standard InChI is InChI=1S/C14H19ClN4O3.ClH/c1-14(8-16)4-5-18(9-14)7-13(20)17-10-2-3-11(15)12(6-10)19(21)22;/h2-3,6H,4-5,7-9,16H2,1H3,(H,17,20);1H. The average Bonchev–Trinajstić information content (AvgIpc) is 2.82. The molecule has 128 valence electrons. The molecule has 23 heavy (non-hydrogen) atoms. The predicted molar refractivity (Wildman–Crippen MR) is 92.2 cm³/mol. The molecule has 9 heteroatoms. The minimum Gasteiger partial charge on any atom is -0.330 e. The van der Waals surface area contributed by atoms with E-state index in [4.69, 9.17) is 17.3 Å². The number of likely N-dealkylation sites (tertiary alicyclic amines) is 1. The van der Waals surface area contributed by atoms with E-state index in [9.17, 15) is 14.9 Å². The number of nitrogens with zero attached hydrogens (tertiary/aromatic N) is 2. The highest BCUT2D eigenvalue weighted by atomic mass is 35.5. The van der Waals surface area contributed by atoms with Crippen molar-refractivity contribution in [2.45, 2.75) is 13.3 Å². The number of carbonyl (C=O) groups is 1. The van der Waals surface area contributed by atoms with Crippen LogP contribution in [0.1, 0.15) is 13.3 Å². The second-order valence-electron chi connectivity index (χ2n) is 5.95. The fourth-order valence-corrected chi connectivity index (χ4v) is 2.75. The predicted octanol–water partition coefficient (Wildman–Crippen LogP) is 2.28. The van der Waals surface area contributed by atoms with Crippen LogP contribution in [-0.4, -0.2) is 41.9 Å². The van der Waals surface area contributed by atoms with E-state index in [1.165, 1.54) is 12.1 Å². The van der Waals surface area contributed by atoms with Crippen molar-refractivity contribution in [3.8, 4) is 0 Å². The largest absolute Gasteiger partial charge is 0.330 e. The van der Waals surface area contributed by atoms with E-state index < -0.39 is 4.92 Å². The summed E-state index contributed by atoms with van der Waals surface area (Å²) in [6.45, 7) is 4.54. The Morgan fingerprint density at radius 1 is 1.57 bits per heavy atom. The number of rotatable bonds is 5. The molecule has 2 rings (SSSR count). The third-order valence-electron chi connectivity index (χ3n) is 3.92. The van der Waals surface area contributed by atoms with Crippen molar-refractivity contribution in [1.82, 2.24) is 4.90 Å². The molecule has 1 aliphatic rings. The molecule has 7 nitrogen and oxygen atoms in total. The maximum absolute atomic E-state index is 12.0. The fraction of sp³-hybridized carbons (Fsp3) is 0.500. The molecule has 1 saturated heterocycles. The van der Waals surface area contributed by atoms with Crippen molar-refractivity contribution < 1.29 is 9.72 Å². The first-order valence-electron chi connectivity index (χ1n) is 6.99. The topological polar surface area (TPSA) is 102 Å². The molecule has 1 amide bonds. The molecule has 0 aliphatic carbocycles. The number of nitrogens with one attached hydrogen (secondary N) is 1. The lowest BCUT2D eigenvalue weighted by Gasteiger charge is -2.22. The Bertz CT molecular complexity index is 599. The van der Waals surface area contributed by atoms with E-state index in [0.717, 1.165) is 19.5 Å². The Kier molecular flexibility index (Phi) is 6.76. The number of hydrogen-bond acceptors (Lipinski definition) is 5. The van der Waals surface area contributed by atoms with Gasteiger partial charge in [0.15, 0.2) is 0 Å². The molecule has 1 fully saturated rings. The first-order valence-corrected chi connectivity index (χ1v) is 7.37. The SMILES string of the molecule is CC1(CN)CCN(CC(=O)Nc2ccc(Cl)c([N+](=O)[O-])c2)C1.Cl. The smallest absolute Gasteiger partial charge is 0.289 e. The summed E-state index contributed by atoms with van der Waals surface area (Å²) in [5.41, 5.74) is 5.93. The van der Waals surface area contributed by atoms with E-state index in [1.807, 2.05) is 4.90 Å². The van der Waals surface area contributed by atoms with Crippen LogP contribution in [0.25, 0.3) is 0 Å². The number of amides is 1. The Morgan fingerprint density at radius 3 is 2.83 bits per heavy atom. The Hall–Kier alpha value is -1.41. The van der Waals surface area contributed by atoms with Crippen LogP contribution in [-0.2, 0) is 4.79 Å². The van der Waals surface area contributed by atoms with E-state index in [0.29, 0.717) is 12.2 Å². The van der Waals surface area contributed by atoms with Crippen LogP contribution >= 0.6 is 24.0 Å². The highest BCUT2D eigenvalue weighted by Gasteiger charge is 2.33. The van der Waals surface area contributed by atoms with Gasteiger partial charge >= 0.3 is 0 Å². The molecular weight excluding hydrogens is 343 g/mol. The lowest BCUT2D eigenvalue weighted by molar-refractivity contribution is -0.384. The third kappa shape index (κ3) is 5.04. The maximum Gasteiger partial charge on any atom is 0.289 e. The van der Waals surface area contributed by atoms with Gasteiger partial charge in [-0.3, -0.25) is 19.8 Å². The number of benzene rings is 1. The normalized spacial score (nSPS) is 20.8. The second kappa shape index (κ2) is 7.92. The van der Waals surface area contributed by atoms with Crippen LogP contribution in [0.5, 0.6) is 0 Å². The number of carbonyl (C=O) groups excluding carboxylic acids is 1. The van der Waals surface area contributed by atoms with Crippen LogP contribution < -0.4 is 11.1 Å². The number of nitro groups is 1. The minimum atomic E-state index is -0.578. The molecule has 1 atom stereocenters. The highest BCUT2D eigenvalue weighted by Crippen LogP contribution is 2.29. The summed E-state index contributed by atoms with van der Waals surface area (Å²) in [5.74, 6) is -0.210. The van der Waals surface area contributed by atoms with Gasteiger partial charge in [0.2, 0.25) is 5.91 Å². The summed E-state index contributed by atoms with van der Waals surface area (Å²) in [6, 6.07) is 4.20. The summed E-state index contributed by atoms with van der Waals surface area (Å²) in [5, 5.41) is 13.5. The molecule has 0 saturated carbocycles. The van der Waals surface area contributed by atoms with Crippen LogP contribution in [0.2, 0.25) is 5.02 Å². The number of nitrogens with two attached hydrogens (primary N) is 1. The molecule has 1 aromatic rings. The van der Waals surface area contributed by atoms with Gasteiger partial charge in [-0.1, -0.05) is 18.5 Å². The zero-order chi connectivity index (χ0) is 16.3. The Morgan fingerprint density at radius 2 is 2.26 bits per heavy atom. The van der Waals surface area contributed by atoms with Crippen LogP contribution in [0.3, 0.4) is 0 Å². The van der Waals surface area contributed by atoms with Crippen LogP contribution in [0.4, 0.5) is 11.4 Å². The van der Waals surface area contributed by atoms with Gasteiger partial charge in [0.1, 0.15) is 5.02 Å². The lowest BCUT2D eigenvalue weighted by Crippen LogP contribution is -2.35. The fourth-order valence-electron chi connectivity index (χ4n) is 2.56. The molecule has 0 bridgehead atoms. The van der Waals surface area contributed by atoms with Crippen molar-refractivity contribution in [1.29, 1.82) is 0 Å². The van der Waals surface area contributed by atoms with E-state index >= 15 is 0 Å². The van der Waals surface area contributed by atoms with Gasteiger partial charge in [-0.15, -0.1) is 12.4 Å². The molecule has 0 radical (unpaired) electrons. The zero-order valence-corrected chi connectivity index (χ0v) is 14.3. The highest BCUT2D eigenvalue weighted by molar-refractivity contribution is 6.32. The number of nitro benzene ring substituents is 1. The molecular formula is C14H20Cl2N4O3. The minimum absolute atomic E-state index is 0. The van der Waals surface area contributed by atoms with Gasteiger partial charge in [-0.25, -0.2) is 0 Å². The number of anilines is 1. The van der Waals surface area contributed by atoms with E-state index in [1.54, 1.807) is 6.07 Å². The van der Waals surface area contributed by atoms with Crippen molar-refractivity contribution in [2.75, 3.05) is 31.5 Å². The third-order valence-corrected chi connectivity index (χ3v) is 4.24. The molecule has 1 heterocycles.